The molecular weight excluding hydrogens is 148 g/mol. The molecule has 0 amide bonds. The maximum absolute atomic E-state index is 11.7. The monoisotopic (exact) mass is 162 g/mol. The van der Waals surface area contributed by atoms with E-state index in [0.29, 0.717) is 0 Å². The molecule has 12 heavy (non-hydrogen) atoms. The lowest BCUT2D eigenvalue weighted by Gasteiger charge is -2.25. The van der Waals surface area contributed by atoms with Gasteiger partial charge in [0.2, 0.25) is 0 Å². The van der Waals surface area contributed by atoms with Crippen LogP contribution in [0.5, 0.6) is 0 Å². The van der Waals surface area contributed by atoms with Crippen molar-refractivity contribution < 1.29 is 4.79 Å². The van der Waals surface area contributed by atoms with Crippen molar-refractivity contribution in [3.8, 4) is 24.7 Å². The van der Waals surface area contributed by atoms with E-state index < -0.39 is 10.8 Å². The van der Waals surface area contributed by atoms with Crippen LogP contribution in [-0.4, -0.2) is 5.78 Å². The van der Waals surface area contributed by atoms with Crippen molar-refractivity contribution in [2.24, 2.45) is 10.8 Å². The molecule has 0 N–H and O–H groups in total. The number of hydrogen-bond acceptors (Lipinski definition) is 1. The number of carbonyl (C=O) groups is 1. The van der Waals surface area contributed by atoms with Gasteiger partial charge in [-0.1, -0.05) is 11.8 Å². The van der Waals surface area contributed by atoms with Crippen LogP contribution < -0.4 is 0 Å². The molecule has 0 heterocycles. The fourth-order valence-electron chi connectivity index (χ4n) is 0.912. The van der Waals surface area contributed by atoms with Crippen LogP contribution in [0.25, 0.3) is 0 Å². The standard InChI is InChI=1S/C11H14O/c1-7-10(3,4)9(12)11(5,6)8-2/h1-2H,3-6H3. The minimum atomic E-state index is -0.768. The lowest BCUT2D eigenvalue weighted by Crippen LogP contribution is -2.34. The van der Waals surface area contributed by atoms with Crippen LogP contribution in [0.3, 0.4) is 0 Å². The van der Waals surface area contributed by atoms with E-state index in [2.05, 4.69) is 11.8 Å². The van der Waals surface area contributed by atoms with E-state index in [1.165, 1.54) is 0 Å². The number of ketones is 1. The summed E-state index contributed by atoms with van der Waals surface area (Å²) in [5.74, 6) is 4.79. The van der Waals surface area contributed by atoms with Crippen molar-refractivity contribution in [3.05, 3.63) is 0 Å². The molecule has 0 radical (unpaired) electrons. The number of carbonyl (C=O) groups excluding carboxylic acids is 1. The minimum Gasteiger partial charge on any atom is -0.296 e. The summed E-state index contributed by atoms with van der Waals surface area (Å²) in [6, 6.07) is 0. The first kappa shape index (κ1) is 10.8. The first-order valence-electron chi connectivity index (χ1n) is 3.78. The second-order valence-corrected chi connectivity index (χ2v) is 3.87. The van der Waals surface area contributed by atoms with Gasteiger partial charge in [0.25, 0.3) is 0 Å². The molecule has 0 aromatic rings. The number of rotatable bonds is 2. The normalized spacial score (nSPS) is 11.5. The molecule has 0 aromatic carbocycles. The molecule has 0 fully saturated rings. The van der Waals surface area contributed by atoms with Crippen LogP contribution in [0.1, 0.15) is 27.7 Å². The van der Waals surface area contributed by atoms with Gasteiger partial charge in [-0.15, -0.1) is 12.8 Å². The third kappa shape index (κ3) is 1.89. The second kappa shape index (κ2) is 3.03. The summed E-state index contributed by atoms with van der Waals surface area (Å²) in [5.41, 5.74) is -1.54. The highest BCUT2D eigenvalue weighted by Gasteiger charge is 2.36. The third-order valence-corrected chi connectivity index (χ3v) is 1.86. The van der Waals surface area contributed by atoms with Gasteiger partial charge in [0.15, 0.2) is 5.78 Å². The number of Topliss-reactive ketones (excluding diaryl/α,β-unsaturated/α-hetero) is 1. The minimum absolute atomic E-state index is 0.0833. The van der Waals surface area contributed by atoms with E-state index in [0.717, 1.165) is 0 Å². The Bertz CT molecular complexity index is 240. The zero-order valence-corrected chi connectivity index (χ0v) is 8.06. The second-order valence-electron chi connectivity index (χ2n) is 3.87. The van der Waals surface area contributed by atoms with Gasteiger partial charge in [-0.25, -0.2) is 0 Å². The van der Waals surface area contributed by atoms with Crippen LogP contribution in [0.15, 0.2) is 0 Å². The summed E-state index contributed by atoms with van der Waals surface area (Å²) in [6.45, 7) is 6.81. The lowest BCUT2D eigenvalue weighted by atomic mass is 9.75. The fourth-order valence-corrected chi connectivity index (χ4v) is 0.912. The smallest absolute Gasteiger partial charge is 0.167 e. The SMILES string of the molecule is C#CC(C)(C)C(=O)C(C)(C)C#C. The Morgan fingerprint density at radius 3 is 1.42 bits per heavy atom. The Labute approximate surface area is 74.5 Å². The number of hydrogen-bond donors (Lipinski definition) is 0. The molecule has 0 aliphatic carbocycles. The van der Waals surface area contributed by atoms with E-state index in [1.807, 2.05) is 0 Å². The van der Waals surface area contributed by atoms with Gasteiger partial charge in [0, 0.05) is 0 Å². The molecule has 0 bridgehead atoms. The van der Waals surface area contributed by atoms with Crippen molar-refractivity contribution in [1.29, 1.82) is 0 Å². The highest BCUT2D eigenvalue weighted by molar-refractivity contribution is 5.93. The summed E-state index contributed by atoms with van der Waals surface area (Å²) in [7, 11) is 0. The van der Waals surface area contributed by atoms with Crippen molar-refractivity contribution in [3.63, 3.8) is 0 Å². The molecule has 0 spiro atoms. The summed E-state index contributed by atoms with van der Waals surface area (Å²) < 4.78 is 0. The molecule has 0 rings (SSSR count). The first-order valence-corrected chi connectivity index (χ1v) is 3.78. The van der Waals surface area contributed by atoms with Gasteiger partial charge in [-0.3, -0.25) is 4.79 Å². The van der Waals surface area contributed by atoms with E-state index in [4.69, 9.17) is 12.8 Å². The first-order chi connectivity index (χ1) is 5.28. The zero-order valence-electron chi connectivity index (χ0n) is 8.06. The molecule has 0 atom stereocenters. The summed E-state index contributed by atoms with van der Waals surface area (Å²) in [4.78, 5) is 11.7. The molecule has 0 unspecified atom stereocenters. The molecule has 0 saturated carbocycles. The lowest BCUT2D eigenvalue weighted by molar-refractivity contribution is -0.130. The predicted octanol–water partition coefficient (Wildman–Crippen LogP) is 1.87. The van der Waals surface area contributed by atoms with Crippen LogP contribution in [-0.2, 0) is 4.79 Å². The van der Waals surface area contributed by atoms with E-state index >= 15 is 0 Å². The molecule has 64 valence electrons. The number of terminal acetylenes is 2. The summed E-state index contributed by atoms with van der Waals surface area (Å²) >= 11 is 0. The molecule has 1 nitrogen and oxygen atoms in total. The van der Waals surface area contributed by atoms with Crippen LogP contribution in [0.4, 0.5) is 0 Å². The molecule has 0 aromatic heterocycles. The van der Waals surface area contributed by atoms with Crippen molar-refractivity contribution >= 4 is 5.78 Å². The maximum Gasteiger partial charge on any atom is 0.167 e. The topological polar surface area (TPSA) is 17.1 Å². The van der Waals surface area contributed by atoms with Crippen LogP contribution in [0.2, 0.25) is 0 Å². The van der Waals surface area contributed by atoms with Gasteiger partial charge < -0.3 is 0 Å². The van der Waals surface area contributed by atoms with Crippen molar-refractivity contribution in [2.75, 3.05) is 0 Å². The quantitative estimate of drug-likeness (QED) is 0.566. The van der Waals surface area contributed by atoms with Gasteiger partial charge in [0.05, 0.1) is 10.8 Å². The largest absolute Gasteiger partial charge is 0.296 e. The maximum atomic E-state index is 11.7. The highest BCUT2D eigenvalue weighted by atomic mass is 16.1. The Balaban J connectivity index is 4.92. The Hall–Kier alpha value is -1.21. The van der Waals surface area contributed by atoms with Gasteiger partial charge in [-0.05, 0) is 27.7 Å². The summed E-state index contributed by atoms with van der Waals surface area (Å²) in [5, 5.41) is 0. The molecule has 1 heteroatoms. The summed E-state index contributed by atoms with van der Waals surface area (Å²) in [6.07, 6.45) is 10.4. The molecule has 0 saturated heterocycles. The third-order valence-electron chi connectivity index (χ3n) is 1.86. The Morgan fingerprint density at radius 2 is 1.25 bits per heavy atom. The predicted molar refractivity (Wildman–Crippen MR) is 50.2 cm³/mol. The van der Waals surface area contributed by atoms with E-state index in [9.17, 15) is 4.79 Å². The van der Waals surface area contributed by atoms with Crippen LogP contribution in [0, 0.1) is 35.5 Å². The van der Waals surface area contributed by atoms with Crippen LogP contribution >= 0.6 is 0 Å². The van der Waals surface area contributed by atoms with Crippen molar-refractivity contribution in [2.45, 2.75) is 27.7 Å². The Morgan fingerprint density at radius 1 is 1.00 bits per heavy atom. The van der Waals surface area contributed by atoms with E-state index in [1.54, 1.807) is 27.7 Å². The van der Waals surface area contributed by atoms with Gasteiger partial charge in [0.1, 0.15) is 0 Å². The average Bonchev–Trinajstić information content (AvgIpc) is 2.03. The average molecular weight is 162 g/mol. The van der Waals surface area contributed by atoms with Gasteiger partial charge >= 0.3 is 0 Å². The Kier molecular flexibility index (Phi) is 2.73. The fraction of sp³-hybridized carbons (Fsp3) is 0.545. The molecular formula is C11H14O. The highest BCUT2D eigenvalue weighted by Crippen LogP contribution is 2.27. The van der Waals surface area contributed by atoms with Crippen molar-refractivity contribution in [1.82, 2.24) is 0 Å². The molecule has 0 aliphatic heterocycles. The zero-order chi connectivity index (χ0) is 9.99. The van der Waals surface area contributed by atoms with E-state index in [-0.39, 0.29) is 5.78 Å². The van der Waals surface area contributed by atoms with Gasteiger partial charge in [-0.2, -0.15) is 0 Å². The molecule has 0 aliphatic rings.